The number of sulfone groups is 1. The summed E-state index contributed by atoms with van der Waals surface area (Å²) in [6.07, 6.45) is 1.47. The van der Waals surface area contributed by atoms with Gasteiger partial charge in [0.25, 0.3) is 0 Å². The second-order valence-corrected chi connectivity index (χ2v) is 7.42. The topological polar surface area (TPSA) is 34.1 Å². The van der Waals surface area contributed by atoms with Crippen molar-refractivity contribution < 1.29 is 12.8 Å². The van der Waals surface area contributed by atoms with E-state index in [0.717, 1.165) is 14.5 Å². The van der Waals surface area contributed by atoms with Gasteiger partial charge in [-0.05, 0) is 64.1 Å². The molecule has 0 bridgehead atoms. The number of rotatable bonds is 4. The lowest BCUT2D eigenvalue weighted by Gasteiger charge is -2.00. The lowest BCUT2D eigenvalue weighted by molar-refractivity contribution is 0.604. The summed E-state index contributed by atoms with van der Waals surface area (Å²) in [5.41, 5.74) is 1.40. The molecule has 2 rings (SSSR count). The van der Waals surface area contributed by atoms with Crippen molar-refractivity contribution in [2.24, 2.45) is 0 Å². The minimum atomic E-state index is -3.33. The zero-order valence-electron chi connectivity index (χ0n) is 10.5. The fourth-order valence-corrected chi connectivity index (χ4v) is 3.09. The van der Waals surface area contributed by atoms with Crippen LogP contribution in [0.3, 0.4) is 0 Å². The molecule has 0 aliphatic rings. The molecule has 0 unspecified atom stereocenters. The van der Waals surface area contributed by atoms with Gasteiger partial charge in [0.05, 0.1) is 5.75 Å². The first kappa shape index (κ1) is 15.2. The zero-order chi connectivity index (χ0) is 14.6. The van der Waals surface area contributed by atoms with Crippen LogP contribution in [0.1, 0.15) is 11.1 Å². The third-order valence-corrected chi connectivity index (χ3v) is 4.62. The standard InChI is InChI=1S/C15H12FIO2S/c16-14-5-1-12(2-6-14)9-10-20(18,19)11-13-3-7-15(17)8-4-13/h1-10H,11H2/b10-9-. The first-order valence-corrected chi connectivity index (χ1v) is 8.65. The molecule has 0 amide bonds. The zero-order valence-corrected chi connectivity index (χ0v) is 13.4. The molecule has 0 radical (unpaired) electrons. The fourth-order valence-electron chi connectivity index (χ4n) is 1.62. The maximum absolute atomic E-state index is 12.7. The smallest absolute Gasteiger partial charge is 0.175 e. The van der Waals surface area contributed by atoms with Gasteiger partial charge in [-0.3, -0.25) is 0 Å². The molecule has 0 N–H and O–H groups in total. The van der Waals surface area contributed by atoms with Crippen molar-refractivity contribution >= 4 is 38.5 Å². The molecule has 0 saturated heterocycles. The monoisotopic (exact) mass is 402 g/mol. The number of benzene rings is 2. The second kappa shape index (κ2) is 6.49. The Morgan fingerprint density at radius 1 is 1.00 bits per heavy atom. The van der Waals surface area contributed by atoms with Crippen molar-refractivity contribution in [1.82, 2.24) is 0 Å². The van der Waals surface area contributed by atoms with Gasteiger partial charge in [0.1, 0.15) is 5.82 Å². The highest BCUT2D eigenvalue weighted by Gasteiger charge is 2.07. The summed E-state index contributed by atoms with van der Waals surface area (Å²) in [5, 5.41) is 1.16. The van der Waals surface area contributed by atoms with Crippen LogP contribution in [-0.4, -0.2) is 8.42 Å². The Bertz CT molecular complexity index is 705. The maximum Gasteiger partial charge on any atom is 0.175 e. The molecular formula is C15H12FIO2S. The first-order valence-electron chi connectivity index (χ1n) is 5.85. The molecule has 0 aromatic heterocycles. The summed E-state index contributed by atoms with van der Waals surface area (Å²) in [6.45, 7) is 0. The van der Waals surface area contributed by atoms with Gasteiger partial charge >= 0.3 is 0 Å². The normalized spacial score (nSPS) is 11.9. The average Bonchev–Trinajstić information content (AvgIpc) is 2.41. The van der Waals surface area contributed by atoms with Crippen LogP contribution in [0.15, 0.2) is 53.9 Å². The van der Waals surface area contributed by atoms with E-state index >= 15 is 0 Å². The Balaban J connectivity index is 2.11. The molecule has 2 aromatic carbocycles. The highest BCUT2D eigenvalue weighted by molar-refractivity contribution is 14.1. The van der Waals surface area contributed by atoms with Crippen molar-refractivity contribution in [2.75, 3.05) is 0 Å². The van der Waals surface area contributed by atoms with Crippen molar-refractivity contribution in [3.05, 3.63) is 74.5 Å². The van der Waals surface area contributed by atoms with Crippen LogP contribution in [0, 0.1) is 9.39 Å². The molecule has 0 fully saturated rings. The first-order chi connectivity index (χ1) is 9.44. The number of hydrogen-bond donors (Lipinski definition) is 0. The maximum atomic E-state index is 12.7. The van der Waals surface area contributed by atoms with Gasteiger partial charge in [-0.2, -0.15) is 0 Å². The highest BCUT2D eigenvalue weighted by Crippen LogP contribution is 2.12. The Hall–Kier alpha value is -1.21. The molecule has 104 valence electrons. The van der Waals surface area contributed by atoms with E-state index in [9.17, 15) is 12.8 Å². The van der Waals surface area contributed by atoms with Gasteiger partial charge in [-0.15, -0.1) is 0 Å². The van der Waals surface area contributed by atoms with Crippen molar-refractivity contribution in [1.29, 1.82) is 0 Å². The van der Waals surface area contributed by atoms with Crippen LogP contribution in [0.2, 0.25) is 0 Å². The van der Waals surface area contributed by atoms with Crippen LogP contribution >= 0.6 is 22.6 Å². The van der Waals surface area contributed by atoms with Gasteiger partial charge in [-0.1, -0.05) is 24.3 Å². The summed E-state index contributed by atoms with van der Waals surface area (Å²) < 4.78 is 37.7. The van der Waals surface area contributed by atoms with E-state index in [1.54, 1.807) is 12.1 Å². The molecule has 0 atom stereocenters. The predicted molar refractivity (Wildman–Crippen MR) is 87.2 cm³/mol. The molecule has 0 aliphatic heterocycles. The largest absolute Gasteiger partial charge is 0.224 e. The molecule has 0 heterocycles. The quantitative estimate of drug-likeness (QED) is 0.725. The summed E-state index contributed by atoms with van der Waals surface area (Å²) in [4.78, 5) is 0. The molecule has 0 saturated carbocycles. The molecular weight excluding hydrogens is 390 g/mol. The Morgan fingerprint density at radius 2 is 1.60 bits per heavy atom. The highest BCUT2D eigenvalue weighted by atomic mass is 127. The summed E-state index contributed by atoms with van der Waals surface area (Å²) in [6, 6.07) is 13.0. The SMILES string of the molecule is O=S(=O)(/C=C\c1ccc(F)cc1)Cc1ccc(I)cc1. The van der Waals surface area contributed by atoms with Gasteiger partial charge < -0.3 is 0 Å². The van der Waals surface area contributed by atoms with Gasteiger partial charge in [0.15, 0.2) is 9.84 Å². The van der Waals surface area contributed by atoms with E-state index < -0.39 is 9.84 Å². The molecule has 2 aromatic rings. The molecule has 5 heteroatoms. The predicted octanol–water partition coefficient (Wildman–Crippen LogP) is 4.02. The van der Waals surface area contributed by atoms with E-state index in [-0.39, 0.29) is 11.6 Å². The summed E-state index contributed by atoms with van der Waals surface area (Å²) >= 11 is 2.17. The van der Waals surface area contributed by atoms with Crippen LogP contribution in [0.5, 0.6) is 0 Å². The van der Waals surface area contributed by atoms with Crippen LogP contribution < -0.4 is 0 Å². The number of halogens is 2. The minimum absolute atomic E-state index is 0.0401. The van der Waals surface area contributed by atoms with Crippen molar-refractivity contribution in [3.63, 3.8) is 0 Å². The minimum Gasteiger partial charge on any atom is -0.224 e. The fraction of sp³-hybridized carbons (Fsp3) is 0.0667. The lowest BCUT2D eigenvalue weighted by Crippen LogP contribution is -1.99. The second-order valence-electron chi connectivity index (χ2n) is 4.29. The molecule has 0 spiro atoms. The van der Waals surface area contributed by atoms with Gasteiger partial charge in [0, 0.05) is 8.98 Å². The summed E-state index contributed by atoms with van der Waals surface area (Å²) in [5.74, 6) is -0.384. The van der Waals surface area contributed by atoms with E-state index in [1.807, 2.05) is 12.1 Å². The Labute approximate surface area is 131 Å². The van der Waals surface area contributed by atoms with E-state index in [2.05, 4.69) is 22.6 Å². The van der Waals surface area contributed by atoms with Crippen LogP contribution in [0.25, 0.3) is 6.08 Å². The van der Waals surface area contributed by atoms with E-state index in [0.29, 0.717) is 5.56 Å². The van der Waals surface area contributed by atoms with Crippen molar-refractivity contribution in [3.8, 4) is 0 Å². The van der Waals surface area contributed by atoms with Gasteiger partial charge in [0.2, 0.25) is 0 Å². The molecule has 2 nitrogen and oxygen atoms in total. The molecule has 20 heavy (non-hydrogen) atoms. The number of hydrogen-bond acceptors (Lipinski definition) is 2. The molecule has 0 aliphatic carbocycles. The Kier molecular flexibility index (Phi) is 4.93. The summed E-state index contributed by atoms with van der Waals surface area (Å²) in [7, 11) is -3.33. The van der Waals surface area contributed by atoms with Gasteiger partial charge in [-0.25, -0.2) is 12.8 Å². The Morgan fingerprint density at radius 3 is 2.20 bits per heavy atom. The van der Waals surface area contributed by atoms with Crippen LogP contribution in [0.4, 0.5) is 4.39 Å². The third kappa shape index (κ3) is 4.72. The van der Waals surface area contributed by atoms with E-state index in [1.165, 1.54) is 30.3 Å². The van der Waals surface area contributed by atoms with Crippen LogP contribution in [-0.2, 0) is 15.6 Å². The van der Waals surface area contributed by atoms with Crippen molar-refractivity contribution in [2.45, 2.75) is 5.75 Å². The lowest BCUT2D eigenvalue weighted by atomic mass is 10.2. The third-order valence-electron chi connectivity index (χ3n) is 2.62. The van der Waals surface area contributed by atoms with E-state index in [4.69, 9.17) is 0 Å². The average molecular weight is 402 g/mol.